The zero-order chi connectivity index (χ0) is 23.5. The van der Waals surface area contributed by atoms with E-state index < -0.39 is 5.72 Å². The summed E-state index contributed by atoms with van der Waals surface area (Å²) in [5.74, 6) is -0.382. The van der Waals surface area contributed by atoms with E-state index in [1.54, 1.807) is 12.4 Å². The molecule has 4 aromatic rings. The smallest absolute Gasteiger partial charge is 0.342 e. The summed E-state index contributed by atoms with van der Waals surface area (Å²) >= 11 is 0. The molecule has 1 aliphatic heterocycles. The Morgan fingerprint density at radius 1 is 0.765 bits per heavy atom. The number of para-hydroxylation sites is 2. The van der Waals surface area contributed by atoms with Crippen molar-refractivity contribution in [1.82, 2.24) is 4.98 Å². The average molecular weight is 450 g/mol. The molecule has 2 heterocycles. The highest BCUT2D eigenvalue weighted by atomic mass is 16.6. The maximum atomic E-state index is 13.2. The molecule has 1 aromatic heterocycles. The van der Waals surface area contributed by atoms with Crippen LogP contribution in [0.3, 0.4) is 0 Å². The van der Waals surface area contributed by atoms with Crippen molar-refractivity contribution in [3.05, 3.63) is 120 Å². The summed E-state index contributed by atoms with van der Waals surface area (Å²) in [6, 6.07) is 30.3. The van der Waals surface area contributed by atoms with E-state index >= 15 is 0 Å². The summed E-state index contributed by atoms with van der Waals surface area (Å²) in [6.45, 7) is 6.14. The van der Waals surface area contributed by atoms with Gasteiger partial charge in [-0.15, -0.1) is 0 Å². The molecule has 34 heavy (non-hydrogen) atoms. The SMILES string of the molecule is CCN(CC)c1ccc(C2(N(c3ccccc3)c3ccccc3)OC(=O)c3cnccc32)cc1. The van der Waals surface area contributed by atoms with E-state index in [0.29, 0.717) is 5.56 Å². The summed E-state index contributed by atoms with van der Waals surface area (Å²) in [6.07, 6.45) is 3.31. The van der Waals surface area contributed by atoms with Crippen LogP contribution in [0, 0.1) is 0 Å². The number of carbonyl (C=O) groups excluding carboxylic acids is 1. The van der Waals surface area contributed by atoms with Gasteiger partial charge in [0, 0.05) is 53.7 Å². The molecule has 5 rings (SSSR count). The molecule has 0 bridgehead atoms. The van der Waals surface area contributed by atoms with Crippen LogP contribution in [0.15, 0.2) is 103 Å². The van der Waals surface area contributed by atoms with Gasteiger partial charge in [-0.3, -0.25) is 9.88 Å². The minimum atomic E-state index is -1.18. The molecule has 1 atom stereocenters. The molecule has 0 saturated carbocycles. The number of anilines is 3. The molecule has 1 aliphatic rings. The molecular weight excluding hydrogens is 422 g/mol. The predicted molar refractivity (Wildman–Crippen MR) is 135 cm³/mol. The summed E-state index contributed by atoms with van der Waals surface area (Å²) in [7, 11) is 0. The van der Waals surface area contributed by atoms with E-state index in [9.17, 15) is 4.79 Å². The van der Waals surface area contributed by atoms with Crippen LogP contribution in [0.1, 0.15) is 35.3 Å². The van der Waals surface area contributed by atoms with Crippen molar-refractivity contribution in [3.8, 4) is 0 Å². The molecule has 0 aliphatic carbocycles. The van der Waals surface area contributed by atoms with E-state index in [0.717, 1.165) is 41.3 Å². The summed E-state index contributed by atoms with van der Waals surface area (Å²) in [4.78, 5) is 21.8. The van der Waals surface area contributed by atoms with Gasteiger partial charge in [0.25, 0.3) is 0 Å². The minimum Gasteiger partial charge on any atom is -0.426 e. The Balaban J connectivity index is 1.78. The highest BCUT2D eigenvalue weighted by Gasteiger charge is 2.52. The highest BCUT2D eigenvalue weighted by molar-refractivity contribution is 5.96. The number of carbonyl (C=O) groups is 1. The average Bonchev–Trinajstić information content (AvgIpc) is 3.20. The zero-order valence-electron chi connectivity index (χ0n) is 19.4. The van der Waals surface area contributed by atoms with E-state index in [2.05, 4.69) is 52.9 Å². The van der Waals surface area contributed by atoms with Crippen molar-refractivity contribution in [2.24, 2.45) is 0 Å². The van der Waals surface area contributed by atoms with Gasteiger partial charge in [-0.1, -0.05) is 48.5 Å². The Hall–Kier alpha value is -4.12. The number of pyridine rings is 1. The summed E-state index contributed by atoms with van der Waals surface area (Å²) in [5.41, 5.74) is 3.91. The van der Waals surface area contributed by atoms with Gasteiger partial charge in [0.05, 0.1) is 5.56 Å². The quantitative estimate of drug-likeness (QED) is 0.317. The molecule has 0 amide bonds. The molecule has 0 saturated heterocycles. The van der Waals surface area contributed by atoms with Gasteiger partial charge in [-0.25, -0.2) is 4.79 Å². The van der Waals surface area contributed by atoms with Crippen LogP contribution in [0.4, 0.5) is 17.1 Å². The largest absolute Gasteiger partial charge is 0.426 e. The summed E-state index contributed by atoms with van der Waals surface area (Å²) < 4.78 is 6.36. The lowest BCUT2D eigenvalue weighted by Crippen LogP contribution is -2.45. The van der Waals surface area contributed by atoms with Crippen LogP contribution in [-0.4, -0.2) is 24.0 Å². The molecule has 5 nitrogen and oxygen atoms in total. The van der Waals surface area contributed by atoms with Crippen molar-refractivity contribution < 1.29 is 9.53 Å². The third-order valence-electron chi connectivity index (χ3n) is 6.38. The molecule has 0 fully saturated rings. The van der Waals surface area contributed by atoms with E-state index in [1.165, 1.54) is 0 Å². The van der Waals surface area contributed by atoms with Gasteiger partial charge < -0.3 is 9.64 Å². The van der Waals surface area contributed by atoms with Crippen molar-refractivity contribution in [1.29, 1.82) is 0 Å². The number of benzene rings is 3. The third kappa shape index (κ3) is 3.50. The fourth-order valence-electron chi connectivity index (χ4n) is 4.76. The van der Waals surface area contributed by atoms with Crippen LogP contribution in [-0.2, 0) is 10.5 Å². The minimum absolute atomic E-state index is 0.382. The van der Waals surface area contributed by atoms with Crippen LogP contribution in [0.25, 0.3) is 0 Å². The lowest BCUT2D eigenvalue weighted by atomic mass is 9.90. The standard InChI is InChI=1S/C29H27N3O2/c1-3-31(4-2)23-17-15-22(16-18-23)29(27-19-20-30-21-26(27)28(33)34-29)32(24-11-7-5-8-12-24)25-13-9-6-10-14-25/h5-21H,3-4H2,1-2H3. The second kappa shape index (κ2) is 9.02. The normalized spacial score (nSPS) is 16.6. The number of esters is 1. The maximum Gasteiger partial charge on any atom is 0.342 e. The van der Waals surface area contributed by atoms with Gasteiger partial charge in [0.15, 0.2) is 0 Å². The fourth-order valence-corrected chi connectivity index (χ4v) is 4.76. The number of fused-ring (bicyclic) bond motifs is 1. The van der Waals surface area contributed by atoms with Gasteiger partial charge >= 0.3 is 5.97 Å². The number of aromatic nitrogens is 1. The second-order valence-electron chi connectivity index (χ2n) is 8.18. The summed E-state index contributed by atoms with van der Waals surface area (Å²) in [5, 5.41) is 0. The molecule has 3 aromatic carbocycles. The van der Waals surface area contributed by atoms with Crippen LogP contribution in [0.5, 0.6) is 0 Å². The fraction of sp³-hybridized carbons (Fsp3) is 0.172. The van der Waals surface area contributed by atoms with Crippen molar-refractivity contribution >= 4 is 23.0 Å². The Morgan fingerprint density at radius 2 is 1.35 bits per heavy atom. The van der Waals surface area contributed by atoms with Gasteiger partial charge in [0.1, 0.15) is 0 Å². The van der Waals surface area contributed by atoms with Crippen molar-refractivity contribution in [2.45, 2.75) is 19.6 Å². The predicted octanol–water partition coefficient (Wildman–Crippen LogP) is 6.14. The first-order valence-electron chi connectivity index (χ1n) is 11.6. The first kappa shape index (κ1) is 21.7. The molecule has 0 N–H and O–H groups in total. The monoisotopic (exact) mass is 449 g/mol. The number of nitrogens with zero attached hydrogens (tertiary/aromatic N) is 3. The van der Waals surface area contributed by atoms with E-state index in [4.69, 9.17) is 4.74 Å². The van der Waals surface area contributed by atoms with Crippen LogP contribution >= 0.6 is 0 Å². The third-order valence-corrected chi connectivity index (χ3v) is 6.38. The maximum absolute atomic E-state index is 13.2. The molecule has 0 spiro atoms. The topological polar surface area (TPSA) is 45.7 Å². The highest BCUT2D eigenvalue weighted by Crippen LogP contribution is 2.49. The lowest BCUT2D eigenvalue weighted by molar-refractivity contribution is 0.0134. The van der Waals surface area contributed by atoms with Crippen LogP contribution in [0.2, 0.25) is 0 Å². The molecule has 1 unspecified atom stereocenters. The Morgan fingerprint density at radius 3 is 1.91 bits per heavy atom. The molecule has 5 heteroatoms. The van der Waals surface area contributed by atoms with Gasteiger partial charge in [-0.05, 0) is 56.3 Å². The number of rotatable bonds is 7. The Kier molecular flexibility index (Phi) is 5.76. The van der Waals surface area contributed by atoms with Gasteiger partial charge in [0.2, 0.25) is 5.72 Å². The van der Waals surface area contributed by atoms with Crippen LogP contribution < -0.4 is 9.80 Å². The zero-order valence-corrected chi connectivity index (χ0v) is 19.4. The first-order valence-corrected chi connectivity index (χ1v) is 11.6. The second-order valence-corrected chi connectivity index (χ2v) is 8.18. The van der Waals surface area contributed by atoms with Crippen molar-refractivity contribution in [3.63, 3.8) is 0 Å². The Labute approximate surface area is 200 Å². The van der Waals surface area contributed by atoms with E-state index in [-0.39, 0.29) is 5.97 Å². The molecular formula is C29H27N3O2. The lowest BCUT2D eigenvalue weighted by Gasteiger charge is -2.42. The van der Waals surface area contributed by atoms with E-state index in [1.807, 2.05) is 66.7 Å². The molecule has 170 valence electrons. The number of hydrogen-bond donors (Lipinski definition) is 0. The number of ether oxygens (including phenoxy) is 1. The molecule has 0 radical (unpaired) electrons. The van der Waals surface area contributed by atoms with Crippen molar-refractivity contribution in [2.75, 3.05) is 22.9 Å². The first-order chi connectivity index (χ1) is 16.7. The number of hydrogen-bond acceptors (Lipinski definition) is 5. The number of cyclic esters (lactones) is 1. The Bertz CT molecular complexity index is 1230. The van der Waals surface area contributed by atoms with Gasteiger partial charge in [-0.2, -0.15) is 0 Å².